The van der Waals surface area contributed by atoms with E-state index in [9.17, 15) is 0 Å². The molecule has 0 radical (unpaired) electrons. The maximum absolute atomic E-state index is 3.48. The average molecular weight is 284 g/mol. The summed E-state index contributed by atoms with van der Waals surface area (Å²) in [4.78, 5) is 2.58. The molecule has 2 heterocycles. The molecule has 2 unspecified atom stereocenters. The monoisotopic (exact) mass is 283 g/mol. The first kappa shape index (κ1) is 10.0. The largest absolute Gasteiger partial charge is 0.367 e. The molecule has 2 bridgehead atoms. The zero-order valence-corrected chi connectivity index (χ0v) is 10.9. The van der Waals surface area contributed by atoms with E-state index in [0.29, 0.717) is 0 Å². The number of thioether (sulfide) groups is 1. The van der Waals surface area contributed by atoms with Crippen LogP contribution in [0.25, 0.3) is 0 Å². The Labute approximate surface area is 103 Å². The molecular formula is C12H14BrNS. The van der Waals surface area contributed by atoms with Crippen molar-refractivity contribution in [2.24, 2.45) is 0 Å². The molecule has 0 aromatic heterocycles. The van der Waals surface area contributed by atoms with Crippen molar-refractivity contribution in [2.45, 2.75) is 23.0 Å². The van der Waals surface area contributed by atoms with Gasteiger partial charge >= 0.3 is 0 Å². The van der Waals surface area contributed by atoms with E-state index in [1.165, 1.54) is 30.0 Å². The van der Waals surface area contributed by atoms with Crippen molar-refractivity contribution in [1.82, 2.24) is 0 Å². The van der Waals surface area contributed by atoms with Crippen LogP contribution in [0.2, 0.25) is 0 Å². The molecule has 80 valence electrons. The number of nitrogens with zero attached hydrogens (tertiary/aromatic N) is 1. The van der Waals surface area contributed by atoms with E-state index < -0.39 is 0 Å². The van der Waals surface area contributed by atoms with E-state index in [4.69, 9.17) is 0 Å². The van der Waals surface area contributed by atoms with Gasteiger partial charge in [0.25, 0.3) is 0 Å². The van der Waals surface area contributed by atoms with Crippen LogP contribution >= 0.6 is 27.7 Å². The van der Waals surface area contributed by atoms with Crippen molar-refractivity contribution < 1.29 is 0 Å². The molecule has 0 N–H and O–H groups in total. The fraction of sp³-hybridized carbons (Fsp3) is 0.500. The smallest absolute Gasteiger partial charge is 0.0392 e. The molecule has 3 rings (SSSR count). The Morgan fingerprint density at radius 1 is 1.33 bits per heavy atom. The Kier molecular flexibility index (Phi) is 2.69. The second-order valence-electron chi connectivity index (χ2n) is 4.30. The second-order valence-corrected chi connectivity index (χ2v) is 6.19. The molecule has 0 aliphatic carbocycles. The van der Waals surface area contributed by atoms with Crippen molar-refractivity contribution in [3.05, 3.63) is 29.8 Å². The molecule has 1 aromatic carbocycles. The van der Waals surface area contributed by atoms with Gasteiger partial charge in [-0.2, -0.15) is 11.8 Å². The van der Waals surface area contributed by atoms with E-state index >= 15 is 0 Å². The summed E-state index contributed by atoms with van der Waals surface area (Å²) in [6.07, 6.45) is 1.39. The summed E-state index contributed by atoms with van der Waals surface area (Å²) < 4.78 is 0. The van der Waals surface area contributed by atoms with Gasteiger partial charge in [-0.3, -0.25) is 0 Å². The van der Waals surface area contributed by atoms with E-state index in [0.717, 1.165) is 16.6 Å². The first-order valence-corrected chi connectivity index (χ1v) is 7.57. The quantitative estimate of drug-likeness (QED) is 0.767. The Bertz CT molecular complexity index is 351. The van der Waals surface area contributed by atoms with Crippen molar-refractivity contribution in [3.63, 3.8) is 0 Å². The van der Waals surface area contributed by atoms with Gasteiger partial charge in [-0.15, -0.1) is 0 Å². The van der Waals surface area contributed by atoms with Crippen molar-refractivity contribution in [1.29, 1.82) is 0 Å². The maximum atomic E-state index is 3.48. The lowest BCUT2D eigenvalue weighted by Crippen LogP contribution is -2.33. The van der Waals surface area contributed by atoms with Crippen LogP contribution in [0.3, 0.4) is 0 Å². The average Bonchev–Trinajstić information content (AvgIpc) is 2.91. The van der Waals surface area contributed by atoms with Crippen LogP contribution in [-0.2, 0) is 5.33 Å². The number of anilines is 1. The van der Waals surface area contributed by atoms with Crippen LogP contribution < -0.4 is 4.90 Å². The number of fused-ring (bicyclic) bond motifs is 2. The molecule has 1 aromatic rings. The van der Waals surface area contributed by atoms with Crippen LogP contribution in [0.1, 0.15) is 12.0 Å². The summed E-state index contributed by atoms with van der Waals surface area (Å²) in [5.74, 6) is 1.32. The number of hydrogen-bond acceptors (Lipinski definition) is 2. The third-order valence-electron chi connectivity index (χ3n) is 3.32. The molecule has 0 spiro atoms. The molecule has 1 nitrogen and oxygen atoms in total. The van der Waals surface area contributed by atoms with Crippen LogP contribution in [0.15, 0.2) is 24.3 Å². The van der Waals surface area contributed by atoms with Gasteiger partial charge in [0.1, 0.15) is 0 Å². The lowest BCUT2D eigenvalue weighted by Gasteiger charge is -2.28. The molecule has 2 aliphatic rings. The number of rotatable bonds is 2. The molecule has 2 aliphatic heterocycles. The van der Waals surface area contributed by atoms with Crippen molar-refractivity contribution >= 4 is 33.4 Å². The highest BCUT2D eigenvalue weighted by Crippen LogP contribution is 2.39. The van der Waals surface area contributed by atoms with E-state index in [2.05, 4.69) is 56.9 Å². The predicted octanol–water partition coefficient (Wildman–Crippen LogP) is 3.28. The number of hydrogen-bond donors (Lipinski definition) is 0. The van der Waals surface area contributed by atoms with Gasteiger partial charge in [0, 0.05) is 34.6 Å². The molecule has 15 heavy (non-hydrogen) atoms. The Morgan fingerprint density at radius 3 is 2.67 bits per heavy atom. The van der Waals surface area contributed by atoms with Gasteiger partial charge in [-0.1, -0.05) is 28.1 Å². The van der Waals surface area contributed by atoms with Crippen LogP contribution in [0.4, 0.5) is 5.69 Å². The van der Waals surface area contributed by atoms with Crippen molar-refractivity contribution in [2.75, 3.05) is 17.2 Å². The lowest BCUT2D eigenvalue weighted by atomic mass is 10.2. The summed E-state index contributed by atoms with van der Waals surface area (Å²) in [5, 5.41) is 1.85. The number of halogens is 1. The van der Waals surface area contributed by atoms with E-state index in [-0.39, 0.29) is 0 Å². The summed E-state index contributed by atoms with van der Waals surface area (Å²) >= 11 is 5.63. The fourth-order valence-electron chi connectivity index (χ4n) is 2.49. The van der Waals surface area contributed by atoms with Gasteiger partial charge in [0.2, 0.25) is 0 Å². The molecule has 2 saturated heterocycles. The summed E-state index contributed by atoms with van der Waals surface area (Å²) in [5.41, 5.74) is 2.77. The standard InChI is InChI=1S/C12H14BrNS/c13-6-9-1-3-10(4-2-9)14-7-12-5-11(14)8-15-12/h1-4,11-12H,5-8H2. The van der Waals surface area contributed by atoms with Crippen LogP contribution in [0.5, 0.6) is 0 Å². The van der Waals surface area contributed by atoms with E-state index in [1.807, 2.05) is 0 Å². The first-order valence-electron chi connectivity index (χ1n) is 5.40. The Morgan fingerprint density at radius 2 is 2.13 bits per heavy atom. The first-order chi connectivity index (χ1) is 7.36. The molecule has 0 saturated carbocycles. The molecule has 2 atom stereocenters. The van der Waals surface area contributed by atoms with Crippen molar-refractivity contribution in [3.8, 4) is 0 Å². The molecule has 0 amide bonds. The summed E-state index contributed by atoms with van der Waals surface area (Å²) in [6.45, 7) is 1.25. The van der Waals surface area contributed by atoms with Crippen LogP contribution in [-0.4, -0.2) is 23.6 Å². The molecular weight excluding hydrogens is 270 g/mol. The maximum Gasteiger partial charge on any atom is 0.0392 e. The highest BCUT2D eigenvalue weighted by Gasteiger charge is 2.38. The zero-order valence-electron chi connectivity index (χ0n) is 8.53. The summed E-state index contributed by atoms with van der Waals surface area (Å²) in [7, 11) is 0. The predicted molar refractivity (Wildman–Crippen MR) is 71.1 cm³/mol. The Balaban J connectivity index is 1.81. The van der Waals surface area contributed by atoms with Gasteiger partial charge in [0.05, 0.1) is 0 Å². The highest BCUT2D eigenvalue weighted by atomic mass is 79.9. The van der Waals surface area contributed by atoms with Gasteiger partial charge < -0.3 is 4.90 Å². The van der Waals surface area contributed by atoms with Crippen LogP contribution in [0, 0.1) is 0 Å². The minimum absolute atomic E-state index is 0.801. The highest BCUT2D eigenvalue weighted by molar-refractivity contribution is 9.08. The minimum Gasteiger partial charge on any atom is -0.367 e. The third kappa shape index (κ3) is 1.80. The second kappa shape index (κ2) is 4.02. The lowest BCUT2D eigenvalue weighted by molar-refractivity contribution is 0.763. The SMILES string of the molecule is BrCc1ccc(N2CC3CC2CS3)cc1. The van der Waals surface area contributed by atoms with Gasteiger partial charge in [-0.05, 0) is 24.1 Å². The third-order valence-corrected chi connectivity index (χ3v) is 5.36. The molecule has 3 heteroatoms. The topological polar surface area (TPSA) is 3.24 Å². The normalized spacial score (nSPS) is 28.7. The summed E-state index contributed by atoms with van der Waals surface area (Å²) in [6, 6.07) is 9.78. The molecule has 2 fully saturated rings. The van der Waals surface area contributed by atoms with E-state index in [1.54, 1.807) is 0 Å². The fourth-order valence-corrected chi connectivity index (χ4v) is 4.30. The number of benzene rings is 1. The number of alkyl halides is 1. The minimum atomic E-state index is 0.801. The van der Waals surface area contributed by atoms with Gasteiger partial charge in [0.15, 0.2) is 0 Å². The Hall–Kier alpha value is -0.150. The van der Waals surface area contributed by atoms with Gasteiger partial charge in [-0.25, -0.2) is 0 Å². The zero-order chi connectivity index (χ0) is 10.3.